The van der Waals surface area contributed by atoms with Crippen molar-refractivity contribution >= 4 is 5.91 Å². The zero-order valence-electron chi connectivity index (χ0n) is 13.8. The van der Waals surface area contributed by atoms with E-state index in [1.807, 2.05) is 37.3 Å². The molecule has 0 spiro atoms. The Morgan fingerprint density at radius 2 is 2.04 bits per heavy atom. The Kier molecular flexibility index (Phi) is 5.03. The lowest BCUT2D eigenvalue weighted by Gasteiger charge is -2.25. The third-order valence-corrected chi connectivity index (χ3v) is 4.54. The van der Waals surface area contributed by atoms with Gasteiger partial charge in [0.2, 0.25) is 5.91 Å². The molecule has 0 saturated heterocycles. The van der Waals surface area contributed by atoms with Gasteiger partial charge in [-0.3, -0.25) is 9.59 Å². The van der Waals surface area contributed by atoms with E-state index in [9.17, 15) is 9.59 Å². The van der Waals surface area contributed by atoms with Crippen LogP contribution in [0.1, 0.15) is 50.8 Å². The summed E-state index contributed by atoms with van der Waals surface area (Å²) < 4.78 is 0. The molecular weight excluding hydrogens is 304 g/mol. The predicted molar refractivity (Wildman–Crippen MR) is 91.2 cm³/mol. The molecule has 1 amide bonds. The van der Waals surface area contributed by atoms with E-state index in [1.165, 1.54) is 6.42 Å². The van der Waals surface area contributed by atoms with E-state index in [1.54, 1.807) is 0 Å². The predicted octanol–water partition coefficient (Wildman–Crippen LogP) is 2.59. The minimum atomic E-state index is -0.404. The zero-order chi connectivity index (χ0) is 16.9. The molecule has 1 aromatic heterocycles. The standard InChI is InChI=1S/C18H22N4O2/c1-2-14(19-15(23)11-12-7-6-8-12)16-18(24)20-17(22-21-16)13-9-4-3-5-10-13/h3-5,9-10,12,14H,2,6-8,11H2,1H3,(H,19,23)(H,20,22,24). The Balaban J connectivity index is 1.74. The number of carbonyl (C=O) groups excluding carboxylic acids is 1. The van der Waals surface area contributed by atoms with Crippen LogP contribution in [-0.2, 0) is 4.79 Å². The summed E-state index contributed by atoms with van der Waals surface area (Å²) in [5, 5.41) is 11.1. The van der Waals surface area contributed by atoms with Crippen LogP contribution >= 0.6 is 0 Å². The van der Waals surface area contributed by atoms with Crippen molar-refractivity contribution in [3.8, 4) is 11.4 Å². The summed E-state index contributed by atoms with van der Waals surface area (Å²) in [5.41, 5.74) is 0.759. The van der Waals surface area contributed by atoms with Crippen LogP contribution in [-0.4, -0.2) is 21.1 Å². The van der Waals surface area contributed by atoms with Crippen molar-refractivity contribution < 1.29 is 4.79 Å². The first kappa shape index (κ1) is 16.4. The summed E-state index contributed by atoms with van der Waals surface area (Å²) in [4.78, 5) is 27.3. The molecule has 24 heavy (non-hydrogen) atoms. The highest BCUT2D eigenvalue weighted by molar-refractivity contribution is 5.76. The minimum absolute atomic E-state index is 0.0140. The Bertz CT molecular complexity index is 753. The van der Waals surface area contributed by atoms with E-state index in [4.69, 9.17) is 0 Å². The molecule has 0 bridgehead atoms. The summed E-state index contributed by atoms with van der Waals surface area (Å²) >= 11 is 0. The van der Waals surface area contributed by atoms with Gasteiger partial charge in [0.1, 0.15) is 0 Å². The average Bonchev–Trinajstić information content (AvgIpc) is 2.57. The number of rotatable bonds is 6. The van der Waals surface area contributed by atoms with Crippen molar-refractivity contribution in [2.75, 3.05) is 0 Å². The maximum atomic E-state index is 12.4. The molecule has 0 aliphatic heterocycles. The summed E-state index contributed by atoms with van der Waals surface area (Å²) in [6, 6.07) is 8.96. The number of aromatic amines is 1. The van der Waals surface area contributed by atoms with E-state index in [0.717, 1.165) is 18.4 Å². The second-order valence-corrected chi connectivity index (χ2v) is 6.28. The van der Waals surface area contributed by atoms with Crippen molar-refractivity contribution in [2.45, 2.75) is 45.1 Å². The molecule has 0 radical (unpaired) electrons. The van der Waals surface area contributed by atoms with E-state index in [-0.39, 0.29) is 17.2 Å². The smallest absolute Gasteiger partial charge is 0.275 e. The first-order valence-corrected chi connectivity index (χ1v) is 8.49. The maximum Gasteiger partial charge on any atom is 0.275 e. The van der Waals surface area contributed by atoms with Gasteiger partial charge in [-0.1, -0.05) is 43.7 Å². The quantitative estimate of drug-likeness (QED) is 0.854. The van der Waals surface area contributed by atoms with Crippen molar-refractivity contribution in [2.24, 2.45) is 5.92 Å². The maximum absolute atomic E-state index is 12.4. The Morgan fingerprint density at radius 3 is 2.62 bits per heavy atom. The number of H-pyrrole nitrogens is 1. The Labute approximate surface area is 140 Å². The molecule has 2 N–H and O–H groups in total. The SMILES string of the molecule is CCC(NC(=O)CC1CCC1)c1nnc(-c2ccccc2)[nH]c1=O. The lowest BCUT2D eigenvalue weighted by molar-refractivity contribution is -0.123. The normalized spacial score (nSPS) is 15.5. The van der Waals surface area contributed by atoms with Crippen LogP contribution < -0.4 is 10.9 Å². The van der Waals surface area contributed by atoms with E-state index >= 15 is 0 Å². The Morgan fingerprint density at radius 1 is 1.29 bits per heavy atom. The fraction of sp³-hybridized carbons (Fsp3) is 0.444. The molecule has 6 nitrogen and oxygen atoms in total. The number of carbonyl (C=O) groups is 1. The van der Waals surface area contributed by atoms with Crippen LogP contribution in [0.15, 0.2) is 35.1 Å². The van der Waals surface area contributed by atoms with Crippen molar-refractivity contribution in [3.05, 3.63) is 46.4 Å². The van der Waals surface area contributed by atoms with E-state index < -0.39 is 6.04 Å². The number of nitrogens with one attached hydrogen (secondary N) is 2. The fourth-order valence-electron chi connectivity index (χ4n) is 2.88. The lowest BCUT2D eigenvalue weighted by Crippen LogP contribution is -2.35. The molecule has 1 saturated carbocycles. The second kappa shape index (κ2) is 7.38. The van der Waals surface area contributed by atoms with Crippen LogP contribution in [0.5, 0.6) is 0 Å². The molecule has 1 atom stereocenters. The number of nitrogens with zero attached hydrogens (tertiary/aromatic N) is 2. The molecule has 1 aliphatic carbocycles. The van der Waals surface area contributed by atoms with Crippen LogP contribution in [0.4, 0.5) is 0 Å². The van der Waals surface area contributed by atoms with Gasteiger partial charge in [0.25, 0.3) is 5.56 Å². The minimum Gasteiger partial charge on any atom is -0.347 e. The number of amides is 1. The summed E-state index contributed by atoms with van der Waals surface area (Å²) in [5.74, 6) is 0.909. The first-order valence-electron chi connectivity index (χ1n) is 8.49. The van der Waals surface area contributed by atoms with E-state index in [0.29, 0.717) is 24.6 Å². The molecule has 1 aliphatic rings. The molecule has 1 heterocycles. The molecular formula is C18H22N4O2. The summed E-state index contributed by atoms with van der Waals surface area (Å²) in [6.45, 7) is 1.92. The Hall–Kier alpha value is -2.50. The van der Waals surface area contributed by atoms with Crippen molar-refractivity contribution in [3.63, 3.8) is 0 Å². The van der Waals surface area contributed by atoms with Gasteiger partial charge >= 0.3 is 0 Å². The summed E-state index contributed by atoms with van der Waals surface area (Å²) in [7, 11) is 0. The lowest BCUT2D eigenvalue weighted by atomic mass is 9.83. The highest BCUT2D eigenvalue weighted by Gasteiger charge is 2.24. The largest absolute Gasteiger partial charge is 0.347 e. The zero-order valence-corrected chi connectivity index (χ0v) is 13.8. The number of hydrogen-bond acceptors (Lipinski definition) is 4. The van der Waals surface area contributed by atoms with Crippen LogP contribution in [0.25, 0.3) is 11.4 Å². The second-order valence-electron chi connectivity index (χ2n) is 6.28. The third kappa shape index (κ3) is 3.69. The van der Waals surface area contributed by atoms with Gasteiger partial charge in [0.15, 0.2) is 11.5 Å². The van der Waals surface area contributed by atoms with Gasteiger partial charge in [-0.25, -0.2) is 0 Å². The summed E-state index contributed by atoms with van der Waals surface area (Å²) in [6.07, 6.45) is 4.58. The van der Waals surface area contributed by atoms with Gasteiger partial charge in [-0.2, -0.15) is 0 Å². The molecule has 2 aromatic rings. The molecule has 1 unspecified atom stereocenters. The van der Waals surface area contributed by atoms with Crippen LogP contribution in [0.3, 0.4) is 0 Å². The third-order valence-electron chi connectivity index (χ3n) is 4.54. The van der Waals surface area contributed by atoms with Gasteiger partial charge in [0.05, 0.1) is 6.04 Å². The number of benzene rings is 1. The number of aromatic nitrogens is 3. The molecule has 1 fully saturated rings. The fourth-order valence-corrected chi connectivity index (χ4v) is 2.88. The molecule has 3 rings (SSSR count). The van der Waals surface area contributed by atoms with Gasteiger partial charge in [-0.05, 0) is 25.2 Å². The van der Waals surface area contributed by atoms with Gasteiger partial charge in [-0.15, -0.1) is 10.2 Å². The first-order chi connectivity index (χ1) is 11.7. The topological polar surface area (TPSA) is 87.7 Å². The average molecular weight is 326 g/mol. The monoisotopic (exact) mass is 326 g/mol. The van der Waals surface area contributed by atoms with Gasteiger partial charge < -0.3 is 10.3 Å². The van der Waals surface area contributed by atoms with Crippen molar-refractivity contribution in [1.29, 1.82) is 0 Å². The highest BCUT2D eigenvalue weighted by Crippen LogP contribution is 2.29. The van der Waals surface area contributed by atoms with Gasteiger partial charge in [0, 0.05) is 12.0 Å². The van der Waals surface area contributed by atoms with E-state index in [2.05, 4.69) is 20.5 Å². The number of hydrogen-bond donors (Lipinski definition) is 2. The highest BCUT2D eigenvalue weighted by atomic mass is 16.2. The van der Waals surface area contributed by atoms with Crippen molar-refractivity contribution in [1.82, 2.24) is 20.5 Å². The molecule has 1 aromatic carbocycles. The molecule has 6 heteroatoms. The van der Waals surface area contributed by atoms with Crippen LogP contribution in [0.2, 0.25) is 0 Å². The van der Waals surface area contributed by atoms with Crippen LogP contribution in [0, 0.1) is 5.92 Å². The molecule has 126 valence electrons.